The van der Waals surface area contributed by atoms with Crippen LogP contribution in [-0.4, -0.2) is 33.9 Å². The molecule has 2 aromatic rings. The van der Waals surface area contributed by atoms with Gasteiger partial charge in [-0.05, 0) is 26.0 Å². The summed E-state index contributed by atoms with van der Waals surface area (Å²) in [6.07, 6.45) is 2.66. The van der Waals surface area contributed by atoms with Crippen molar-refractivity contribution in [3.8, 4) is 0 Å². The van der Waals surface area contributed by atoms with Gasteiger partial charge in [0.15, 0.2) is 0 Å². The van der Waals surface area contributed by atoms with Crippen molar-refractivity contribution in [2.45, 2.75) is 13.8 Å². The standard InChI is InChI=1S/C15H16F2N4O/c1-3-21(4-2)15(22)13-8-19-14(9-18-13)20-12-6-5-10(16)7-11(12)17/h5-9H,3-4H2,1-2H3,(H,19,20). The number of anilines is 2. The molecule has 2 rings (SSSR count). The van der Waals surface area contributed by atoms with Crippen molar-refractivity contribution >= 4 is 17.4 Å². The molecule has 0 aliphatic heterocycles. The Morgan fingerprint density at radius 2 is 1.91 bits per heavy atom. The number of hydrogen-bond donors (Lipinski definition) is 1. The summed E-state index contributed by atoms with van der Waals surface area (Å²) in [6, 6.07) is 3.17. The summed E-state index contributed by atoms with van der Waals surface area (Å²) in [5.74, 6) is -1.34. The number of nitrogens with zero attached hydrogens (tertiary/aromatic N) is 3. The van der Waals surface area contributed by atoms with Gasteiger partial charge < -0.3 is 10.2 Å². The molecule has 0 fully saturated rings. The van der Waals surface area contributed by atoms with Crippen LogP contribution in [0.25, 0.3) is 0 Å². The zero-order valence-corrected chi connectivity index (χ0v) is 12.3. The van der Waals surface area contributed by atoms with E-state index < -0.39 is 11.6 Å². The summed E-state index contributed by atoms with van der Waals surface area (Å²) < 4.78 is 26.4. The van der Waals surface area contributed by atoms with E-state index in [9.17, 15) is 13.6 Å². The van der Waals surface area contributed by atoms with Crippen LogP contribution in [0.15, 0.2) is 30.6 Å². The van der Waals surface area contributed by atoms with E-state index in [1.807, 2.05) is 13.8 Å². The molecule has 0 atom stereocenters. The molecule has 1 heterocycles. The van der Waals surface area contributed by atoms with Crippen molar-refractivity contribution in [3.63, 3.8) is 0 Å². The number of carbonyl (C=O) groups excluding carboxylic acids is 1. The Labute approximate surface area is 127 Å². The fourth-order valence-electron chi connectivity index (χ4n) is 1.90. The lowest BCUT2D eigenvalue weighted by Gasteiger charge is -2.17. The molecule has 1 amide bonds. The highest BCUT2D eigenvalue weighted by Crippen LogP contribution is 2.18. The highest BCUT2D eigenvalue weighted by Gasteiger charge is 2.14. The van der Waals surface area contributed by atoms with E-state index in [1.165, 1.54) is 18.5 Å². The van der Waals surface area contributed by atoms with E-state index >= 15 is 0 Å². The predicted octanol–water partition coefficient (Wildman–Crippen LogP) is 2.98. The Hall–Kier alpha value is -2.57. The number of nitrogens with one attached hydrogen (secondary N) is 1. The van der Waals surface area contributed by atoms with Gasteiger partial charge in [0, 0.05) is 19.2 Å². The van der Waals surface area contributed by atoms with Crippen LogP contribution in [0.3, 0.4) is 0 Å². The van der Waals surface area contributed by atoms with Crippen LogP contribution < -0.4 is 5.32 Å². The highest BCUT2D eigenvalue weighted by molar-refractivity contribution is 5.92. The van der Waals surface area contributed by atoms with Crippen molar-refractivity contribution in [2.24, 2.45) is 0 Å². The summed E-state index contributed by atoms with van der Waals surface area (Å²) in [5.41, 5.74) is 0.298. The number of halogens is 2. The van der Waals surface area contributed by atoms with Crippen LogP contribution in [0, 0.1) is 11.6 Å². The number of aromatic nitrogens is 2. The molecule has 0 aliphatic carbocycles. The molecule has 22 heavy (non-hydrogen) atoms. The second-order valence-electron chi connectivity index (χ2n) is 4.51. The molecule has 0 saturated heterocycles. The van der Waals surface area contributed by atoms with Gasteiger partial charge in [0.2, 0.25) is 0 Å². The Bertz CT molecular complexity index is 657. The molecule has 116 valence electrons. The van der Waals surface area contributed by atoms with Gasteiger partial charge in [0.05, 0.1) is 18.1 Å². The molecule has 0 saturated carbocycles. The number of carbonyl (C=O) groups is 1. The van der Waals surface area contributed by atoms with E-state index in [0.717, 1.165) is 12.1 Å². The van der Waals surface area contributed by atoms with Crippen molar-refractivity contribution in [3.05, 3.63) is 47.9 Å². The van der Waals surface area contributed by atoms with E-state index in [-0.39, 0.29) is 23.1 Å². The van der Waals surface area contributed by atoms with Crippen LogP contribution in [0.4, 0.5) is 20.3 Å². The number of rotatable bonds is 5. The minimum Gasteiger partial charge on any atom is -0.338 e. The molecule has 0 bridgehead atoms. The average Bonchev–Trinajstić information content (AvgIpc) is 2.52. The fourth-order valence-corrected chi connectivity index (χ4v) is 1.90. The molecule has 0 aliphatic rings. The number of hydrogen-bond acceptors (Lipinski definition) is 4. The van der Waals surface area contributed by atoms with Gasteiger partial charge in [0.1, 0.15) is 23.1 Å². The van der Waals surface area contributed by atoms with Crippen LogP contribution >= 0.6 is 0 Å². The van der Waals surface area contributed by atoms with Crippen LogP contribution in [0.2, 0.25) is 0 Å². The average molecular weight is 306 g/mol. The lowest BCUT2D eigenvalue weighted by molar-refractivity contribution is 0.0766. The van der Waals surface area contributed by atoms with E-state index in [2.05, 4.69) is 15.3 Å². The molecule has 0 spiro atoms. The molecule has 0 radical (unpaired) electrons. The lowest BCUT2D eigenvalue weighted by atomic mass is 10.3. The topological polar surface area (TPSA) is 58.1 Å². The van der Waals surface area contributed by atoms with Gasteiger partial charge in [-0.1, -0.05) is 0 Å². The minimum atomic E-state index is -0.731. The Kier molecular flexibility index (Phi) is 4.98. The Morgan fingerprint density at radius 1 is 1.18 bits per heavy atom. The Balaban J connectivity index is 2.13. The lowest BCUT2D eigenvalue weighted by Crippen LogP contribution is -2.31. The van der Waals surface area contributed by atoms with Crippen molar-refractivity contribution in [1.29, 1.82) is 0 Å². The maximum atomic E-state index is 13.5. The number of amides is 1. The first-order valence-electron chi connectivity index (χ1n) is 6.88. The second kappa shape index (κ2) is 6.93. The fraction of sp³-hybridized carbons (Fsp3) is 0.267. The quantitative estimate of drug-likeness (QED) is 0.922. The van der Waals surface area contributed by atoms with Crippen molar-refractivity contribution in [1.82, 2.24) is 14.9 Å². The largest absolute Gasteiger partial charge is 0.338 e. The van der Waals surface area contributed by atoms with Crippen molar-refractivity contribution in [2.75, 3.05) is 18.4 Å². The van der Waals surface area contributed by atoms with Gasteiger partial charge in [-0.3, -0.25) is 4.79 Å². The zero-order chi connectivity index (χ0) is 16.1. The molecule has 1 N–H and O–H groups in total. The minimum absolute atomic E-state index is 0.0820. The van der Waals surface area contributed by atoms with Gasteiger partial charge >= 0.3 is 0 Å². The third kappa shape index (κ3) is 3.55. The van der Waals surface area contributed by atoms with Gasteiger partial charge in [0.25, 0.3) is 5.91 Å². The van der Waals surface area contributed by atoms with E-state index in [4.69, 9.17) is 0 Å². The van der Waals surface area contributed by atoms with Crippen LogP contribution in [0.1, 0.15) is 24.3 Å². The normalized spacial score (nSPS) is 10.4. The third-order valence-electron chi connectivity index (χ3n) is 3.12. The van der Waals surface area contributed by atoms with Crippen LogP contribution in [0.5, 0.6) is 0 Å². The first-order valence-corrected chi connectivity index (χ1v) is 6.88. The SMILES string of the molecule is CCN(CC)C(=O)c1cnc(Nc2ccc(F)cc2F)cn1. The summed E-state index contributed by atoms with van der Waals surface area (Å²) in [5, 5.41) is 2.68. The van der Waals surface area contributed by atoms with Gasteiger partial charge in [-0.15, -0.1) is 0 Å². The zero-order valence-electron chi connectivity index (χ0n) is 12.3. The molecule has 7 heteroatoms. The summed E-state index contributed by atoms with van der Waals surface area (Å²) in [6.45, 7) is 4.92. The molecule has 0 unspecified atom stereocenters. The molecular weight excluding hydrogens is 290 g/mol. The smallest absolute Gasteiger partial charge is 0.274 e. The van der Waals surface area contributed by atoms with Gasteiger partial charge in [-0.2, -0.15) is 0 Å². The van der Waals surface area contributed by atoms with Gasteiger partial charge in [-0.25, -0.2) is 18.7 Å². The molecular formula is C15H16F2N4O. The van der Waals surface area contributed by atoms with Crippen LogP contribution in [-0.2, 0) is 0 Å². The number of benzene rings is 1. The Morgan fingerprint density at radius 3 is 2.45 bits per heavy atom. The highest BCUT2D eigenvalue weighted by atomic mass is 19.1. The summed E-state index contributed by atoms with van der Waals surface area (Å²) >= 11 is 0. The molecule has 1 aromatic carbocycles. The maximum Gasteiger partial charge on any atom is 0.274 e. The molecule has 5 nitrogen and oxygen atoms in total. The summed E-state index contributed by atoms with van der Waals surface area (Å²) in [4.78, 5) is 21.7. The maximum absolute atomic E-state index is 13.5. The third-order valence-corrected chi connectivity index (χ3v) is 3.12. The van der Waals surface area contributed by atoms with E-state index in [1.54, 1.807) is 4.90 Å². The van der Waals surface area contributed by atoms with E-state index in [0.29, 0.717) is 13.1 Å². The van der Waals surface area contributed by atoms with Crippen molar-refractivity contribution < 1.29 is 13.6 Å². The first-order chi connectivity index (χ1) is 10.5. The second-order valence-corrected chi connectivity index (χ2v) is 4.51. The molecule has 1 aromatic heterocycles. The first kappa shape index (κ1) is 15.8. The monoisotopic (exact) mass is 306 g/mol. The summed E-state index contributed by atoms with van der Waals surface area (Å²) in [7, 11) is 0. The predicted molar refractivity (Wildman–Crippen MR) is 78.9 cm³/mol.